The van der Waals surface area contributed by atoms with Crippen LogP contribution in [0.15, 0.2) is 30.3 Å². The van der Waals surface area contributed by atoms with Crippen LogP contribution >= 0.6 is 0 Å². The molecule has 3 heterocycles. The summed E-state index contributed by atoms with van der Waals surface area (Å²) in [5.74, 6) is 2.08. The standard InChI is InChI=1S/C20H23N5O/c1-13-10-14(2)22-20(21-13)16-8-9-24(11-16)19(26)12-25-15(3)23-17-6-4-5-7-18(17)25/h4-7,10,16H,8-9,11-12H2,1-3H3/t16-/m1/s1. The molecular formula is C20H23N5O. The van der Waals surface area contributed by atoms with E-state index in [0.717, 1.165) is 47.0 Å². The number of rotatable bonds is 3. The molecule has 3 aromatic rings. The van der Waals surface area contributed by atoms with Gasteiger partial charge in [0.05, 0.1) is 11.0 Å². The maximum Gasteiger partial charge on any atom is 0.242 e. The molecule has 0 bridgehead atoms. The van der Waals surface area contributed by atoms with Gasteiger partial charge in [-0.1, -0.05) is 12.1 Å². The average Bonchev–Trinajstić information content (AvgIpc) is 3.20. The number of amides is 1. The lowest BCUT2D eigenvalue weighted by Crippen LogP contribution is -2.32. The van der Waals surface area contributed by atoms with Crippen molar-refractivity contribution in [3.63, 3.8) is 0 Å². The van der Waals surface area contributed by atoms with E-state index in [1.165, 1.54) is 0 Å². The number of carbonyl (C=O) groups excluding carboxylic acids is 1. The zero-order valence-electron chi connectivity index (χ0n) is 15.4. The highest BCUT2D eigenvalue weighted by atomic mass is 16.2. The van der Waals surface area contributed by atoms with Gasteiger partial charge in [-0.2, -0.15) is 0 Å². The molecule has 1 fully saturated rings. The Morgan fingerprint density at radius 3 is 2.62 bits per heavy atom. The predicted molar refractivity (Wildman–Crippen MR) is 99.9 cm³/mol. The highest BCUT2D eigenvalue weighted by Crippen LogP contribution is 2.26. The molecule has 0 N–H and O–H groups in total. The fraction of sp³-hybridized carbons (Fsp3) is 0.400. The normalized spacial score (nSPS) is 17.2. The Kier molecular flexibility index (Phi) is 4.18. The molecular weight excluding hydrogens is 326 g/mol. The first-order valence-electron chi connectivity index (χ1n) is 9.03. The van der Waals surface area contributed by atoms with Crippen LogP contribution in [0.4, 0.5) is 0 Å². The number of aryl methyl sites for hydroxylation is 3. The predicted octanol–water partition coefficient (Wildman–Crippen LogP) is 2.77. The largest absolute Gasteiger partial charge is 0.340 e. The summed E-state index contributed by atoms with van der Waals surface area (Å²) in [5, 5.41) is 0. The van der Waals surface area contributed by atoms with Crippen molar-refractivity contribution >= 4 is 16.9 Å². The summed E-state index contributed by atoms with van der Waals surface area (Å²) in [6, 6.07) is 9.92. The number of para-hydroxylation sites is 2. The van der Waals surface area contributed by atoms with Gasteiger partial charge in [0.1, 0.15) is 18.2 Å². The number of nitrogens with zero attached hydrogens (tertiary/aromatic N) is 5. The van der Waals surface area contributed by atoms with Crippen LogP contribution in [0.2, 0.25) is 0 Å². The SMILES string of the molecule is Cc1cc(C)nc([C@@H]2CCN(C(=O)Cn3c(C)nc4ccccc43)C2)n1. The van der Waals surface area contributed by atoms with Gasteiger partial charge in [0.15, 0.2) is 0 Å². The Bertz CT molecular complexity index is 957. The van der Waals surface area contributed by atoms with Crippen LogP contribution in [-0.4, -0.2) is 43.4 Å². The van der Waals surface area contributed by atoms with Gasteiger partial charge in [-0.15, -0.1) is 0 Å². The maximum atomic E-state index is 12.9. The van der Waals surface area contributed by atoms with Crippen molar-refractivity contribution in [3.8, 4) is 0 Å². The third-order valence-corrected chi connectivity index (χ3v) is 5.04. The van der Waals surface area contributed by atoms with Crippen LogP contribution in [-0.2, 0) is 11.3 Å². The molecule has 0 aliphatic carbocycles. The first kappa shape index (κ1) is 16.7. The molecule has 0 radical (unpaired) electrons. The van der Waals surface area contributed by atoms with Gasteiger partial charge in [0.25, 0.3) is 0 Å². The average molecular weight is 349 g/mol. The molecule has 1 amide bonds. The Morgan fingerprint density at radius 1 is 1.12 bits per heavy atom. The summed E-state index contributed by atoms with van der Waals surface area (Å²) in [5.41, 5.74) is 3.91. The van der Waals surface area contributed by atoms with Crippen LogP contribution in [0.25, 0.3) is 11.0 Å². The molecule has 0 unspecified atom stereocenters. The van der Waals surface area contributed by atoms with Crippen molar-refractivity contribution < 1.29 is 4.79 Å². The number of fused-ring (bicyclic) bond motifs is 1. The number of likely N-dealkylation sites (tertiary alicyclic amines) is 1. The molecule has 1 aliphatic heterocycles. The lowest BCUT2D eigenvalue weighted by atomic mass is 10.1. The summed E-state index contributed by atoms with van der Waals surface area (Å²) in [6.07, 6.45) is 0.915. The molecule has 1 aliphatic rings. The second-order valence-corrected chi connectivity index (χ2v) is 7.07. The Hall–Kier alpha value is -2.76. The lowest BCUT2D eigenvalue weighted by molar-refractivity contribution is -0.130. The highest BCUT2D eigenvalue weighted by Gasteiger charge is 2.29. The van der Waals surface area contributed by atoms with Crippen LogP contribution in [0, 0.1) is 20.8 Å². The van der Waals surface area contributed by atoms with E-state index >= 15 is 0 Å². The first-order chi connectivity index (χ1) is 12.5. The van der Waals surface area contributed by atoms with Crippen LogP contribution in [0.5, 0.6) is 0 Å². The number of aromatic nitrogens is 4. The molecule has 1 atom stereocenters. The van der Waals surface area contributed by atoms with E-state index < -0.39 is 0 Å². The minimum absolute atomic E-state index is 0.128. The molecule has 134 valence electrons. The van der Waals surface area contributed by atoms with E-state index in [-0.39, 0.29) is 11.8 Å². The smallest absolute Gasteiger partial charge is 0.242 e. The number of benzene rings is 1. The van der Waals surface area contributed by atoms with E-state index in [0.29, 0.717) is 13.1 Å². The topological polar surface area (TPSA) is 63.9 Å². The Balaban J connectivity index is 1.50. The molecule has 0 spiro atoms. The zero-order chi connectivity index (χ0) is 18.3. The van der Waals surface area contributed by atoms with E-state index in [1.807, 2.05) is 60.6 Å². The Morgan fingerprint density at radius 2 is 1.85 bits per heavy atom. The molecule has 1 saturated heterocycles. The van der Waals surface area contributed by atoms with Gasteiger partial charge in [-0.05, 0) is 45.4 Å². The summed E-state index contributed by atoms with van der Waals surface area (Å²) in [4.78, 5) is 28.5. The number of carbonyl (C=O) groups is 1. The molecule has 26 heavy (non-hydrogen) atoms. The fourth-order valence-electron chi connectivity index (χ4n) is 3.76. The van der Waals surface area contributed by atoms with Gasteiger partial charge >= 0.3 is 0 Å². The van der Waals surface area contributed by atoms with Crippen LogP contribution in [0.3, 0.4) is 0 Å². The van der Waals surface area contributed by atoms with Crippen molar-refractivity contribution in [2.24, 2.45) is 0 Å². The van der Waals surface area contributed by atoms with Gasteiger partial charge in [-0.3, -0.25) is 4.79 Å². The lowest BCUT2D eigenvalue weighted by Gasteiger charge is -2.17. The van der Waals surface area contributed by atoms with Gasteiger partial charge in [0, 0.05) is 30.4 Å². The van der Waals surface area contributed by atoms with Gasteiger partial charge in [0.2, 0.25) is 5.91 Å². The van der Waals surface area contributed by atoms with Crippen LogP contribution < -0.4 is 0 Å². The monoisotopic (exact) mass is 349 g/mol. The molecule has 2 aromatic heterocycles. The third-order valence-electron chi connectivity index (χ3n) is 5.04. The fourth-order valence-corrected chi connectivity index (χ4v) is 3.76. The molecule has 0 saturated carbocycles. The van der Waals surface area contributed by atoms with Gasteiger partial charge in [-0.25, -0.2) is 15.0 Å². The van der Waals surface area contributed by atoms with Gasteiger partial charge < -0.3 is 9.47 Å². The van der Waals surface area contributed by atoms with Crippen LogP contribution in [0.1, 0.15) is 35.4 Å². The second kappa shape index (κ2) is 6.52. The van der Waals surface area contributed by atoms with Crippen molar-refractivity contribution in [3.05, 3.63) is 53.4 Å². The van der Waals surface area contributed by atoms with Crippen molar-refractivity contribution in [1.82, 2.24) is 24.4 Å². The zero-order valence-corrected chi connectivity index (χ0v) is 15.4. The minimum Gasteiger partial charge on any atom is -0.340 e. The summed E-state index contributed by atoms with van der Waals surface area (Å²) in [7, 11) is 0. The number of hydrogen-bond acceptors (Lipinski definition) is 4. The first-order valence-corrected chi connectivity index (χ1v) is 9.03. The van der Waals surface area contributed by atoms with E-state index in [4.69, 9.17) is 0 Å². The van der Waals surface area contributed by atoms with E-state index in [1.54, 1.807) is 0 Å². The van der Waals surface area contributed by atoms with Crippen molar-refractivity contribution in [2.75, 3.05) is 13.1 Å². The number of imidazole rings is 1. The van der Waals surface area contributed by atoms with E-state index in [9.17, 15) is 4.79 Å². The summed E-state index contributed by atoms with van der Waals surface area (Å²) in [6.45, 7) is 7.70. The molecule has 6 nitrogen and oxygen atoms in total. The summed E-state index contributed by atoms with van der Waals surface area (Å²) < 4.78 is 2.00. The van der Waals surface area contributed by atoms with Crippen molar-refractivity contribution in [1.29, 1.82) is 0 Å². The highest BCUT2D eigenvalue weighted by molar-refractivity contribution is 5.81. The Labute approximate surface area is 152 Å². The van der Waals surface area contributed by atoms with Crippen molar-refractivity contribution in [2.45, 2.75) is 39.7 Å². The molecule has 6 heteroatoms. The molecule has 1 aromatic carbocycles. The molecule has 4 rings (SSSR count). The maximum absolute atomic E-state index is 12.9. The van der Waals surface area contributed by atoms with E-state index in [2.05, 4.69) is 15.0 Å². The minimum atomic E-state index is 0.128. The summed E-state index contributed by atoms with van der Waals surface area (Å²) >= 11 is 0. The second-order valence-electron chi connectivity index (χ2n) is 7.07. The quantitative estimate of drug-likeness (QED) is 0.729. The third kappa shape index (κ3) is 3.07. The number of hydrogen-bond donors (Lipinski definition) is 0.